The highest BCUT2D eigenvalue weighted by Gasteiger charge is 2.55. The van der Waals surface area contributed by atoms with Gasteiger partial charge in [-0.2, -0.15) is 0 Å². The van der Waals surface area contributed by atoms with Crippen LogP contribution in [-0.4, -0.2) is 79.1 Å². The van der Waals surface area contributed by atoms with Gasteiger partial charge in [-0.3, -0.25) is 14.6 Å². The van der Waals surface area contributed by atoms with Gasteiger partial charge >= 0.3 is 5.97 Å². The minimum Gasteiger partial charge on any atom is -0.497 e. The highest BCUT2D eigenvalue weighted by molar-refractivity contribution is 5.71. The molecule has 7 nitrogen and oxygen atoms in total. The fourth-order valence-electron chi connectivity index (χ4n) is 5.87. The van der Waals surface area contributed by atoms with E-state index in [1.54, 1.807) is 7.11 Å². The van der Waals surface area contributed by atoms with Crippen molar-refractivity contribution in [1.82, 2.24) is 14.7 Å². The summed E-state index contributed by atoms with van der Waals surface area (Å²) in [6, 6.07) is 18.6. The Hall–Kier alpha value is -2.45. The first-order valence-corrected chi connectivity index (χ1v) is 12.0. The van der Waals surface area contributed by atoms with Crippen LogP contribution in [0.15, 0.2) is 54.6 Å². The molecule has 1 atom stereocenters. The summed E-state index contributed by atoms with van der Waals surface area (Å²) < 4.78 is 10.3. The first-order chi connectivity index (χ1) is 16.3. The largest absolute Gasteiger partial charge is 0.497 e. The third kappa shape index (κ3) is 4.58. The number of rotatable bonds is 7. The molecule has 2 aliphatic rings. The Morgan fingerprint density at radius 1 is 1.03 bits per heavy atom. The average molecular weight is 468 g/mol. The minimum absolute atomic E-state index is 0.0577. The SMILES string of the molecule is COC(=O)CN1C(O)N(Cc2ccc(OC)cc2)C[C@]12CC[C@](c1ccccc1)(N(C)C)CC2. The van der Waals surface area contributed by atoms with Crippen molar-refractivity contribution in [2.24, 2.45) is 0 Å². The lowest BCUT2D eigenvalue weighted by molar-refractivity contribution is -0.152. The van der Waals surface area contributed by atoms with Crippen LogP contribution < -0.4 is 4.74 Å². The lowest BCUT2D eigenvalue weighted by atomic mass is 9.68. The molecule has 1 N–H and O–H groups in total. The second kappa shape index (κ2) is 10.0. The number of esters is 1. The Morgan fingerprint density at radius 2 is 1.68 bits per heavy atom. The molecule has 1 heterocycles. The molecular formula is C27H37N3O4. The molecule has 1 unspecified atom stereocenters. The van der Waals surface area contributed by atoms with Crippen LogP contribution in [-0.2, 0) is 21.6 Å². The van der Waals surface area contributed by atoms with Gasteiger partial charge in [0.25, 0.3) is 0 Å². The van der Waals surface area contributed by atoms with Crippen molar-refractivity contribution in [2.45, 2.75) is 49.7 Å². The Balaban J connectivity index is 1.58. The van der Waals surface area contributed by atoms with Crippen molar-refractivity contribution >= 4 is 5.97 Å². The van der Waals surface area contributed by atoms with Gasteiger partial charge in [-0.1, -0.05) is 42.5 Å². The summed E-state index contributed by atoms with van der Waals surface area (Å²) >= 11 is 0. The molecule has 1 aliphatic heterocycles. The van der Waals surface area contributed by atoms with Gasteiger partial charge in [0.2, 0.25) is 0 Å². The Labute approximate surface area is 202 Å². The van der Waals surface area contributed by atoms with E-state index in [0.29, 0.717) is 13.1 Å². The smallest absolute Gasteiger partial charge is 0.320 e. The van der Waals surface area contributed by atoms with E-state index in [1.165, 1.54) is 12.7 Å². The molecule has 0 bridgehead atoms. The quantitative estimate of drug-likeness (QED) is 0.628. The van der Waals surface area contributed by atoms with Crippen molar-refractivity contribution in [2.75, 3.05) is 41.4 Å². The lowest BCUT2D eigenvalue weighted by Crippen LogP contribution is -2.57. The van der Waals surface area contributed by atoms with Crippen molar-refractivity contribution in [3.8, 4) is 5.75 Å². The summed E-state index contributed by atoms with van der Waals surface area (Å²) in [7, 11) is 7.35. The summed E-state index contributed by atoms with van der Waals surface area (Å²) in [5, 5.41) is 11.3. The molecule has 1 spiro atoms. The minimum atomic E-state index is -0.843. The number of benzene rings is 2. The molecule has 4 rings (SSSR count). The molecule has 2 fully saturated rings. The van der Waals surface area contributed by atoms with E-state index < -0.39 is 6.35 Å². The van der Waals surface area contributed by atoms with Crippen LogP contribution in [0.2, 0.25) is 0 Å². The van der Waals surface area contributed by atoms with Gasteiger partial charge in [-0.25, -0.2) is 4.90 Å². The monoisotopic (exact) mass is 467 g/mol. The molecule has 1 aliphatic carbocycles. The number of carbonyl (C=O) groups is 1. The summed E-state index contributed by atoms with van der Waals surface area (Å²) in [4.78, 5) is 18.7. The highest BCUT2D eigenvalue weighted by Crippen LogP contribution is 2.49. The molecule has 1 saturated heterocycles. The van der Waals surface area contributed by atoms with E-state index in [-0.39, 0.29) is 23.6 Å². The van der Waals surface area contributed by atoms with E-state index in [1.807, 2.05) is 29.2 Å². The highest BCUT2D eigenvalue weighted by atomic mass is 16.5. The molecule has 0 radical (unpaired) electrons. The Kier molecular flexibility index (Phi) is 7.28. The van der Waals surface area contributed by atoms with E-state index in [9.17, 15) is 9.90 Å². The maximum absolute atomic E-state index is 12.3. The van der Waals surface area contributed by atoms with Gasteiger partial charge in [0.05, 0.1) is 14.2 Å². The third-order valence-electron chi connectivity index (χ3n) is 7.96. The molecule has 0 aromatic heterocycles. The molecule has 2 aromatic carbocycles. The van der Waals surface area contributed by atoms with Gasteiger partial charge < -0.3 is 14.6 Å². The number of aliphatic hydroxyl groups excluding tert-OH is 1. The van der Waals surface area contributed by atoms with Crippen molar-refractivity contribution in [3.63, 3.8) is 0 Å². The fraction of sp³-hybridized carbons (Fsp3) is 0.519. The average Bonchev–Trinajstić information content (AvgIpc) is 3.10. The van der Waals surface area contributed by atoms with Crippen LogP contribution >= 0.6 is 0 Å². The van der Waals surface area contributed by atoms with Gasteiger partial charge in [0.1, 0.15) is 12.3 Å². The number of ether oxygens (including phenoxy) is 2. The molecule has 0 amide bonds. The van der Waals surface area contributed by atoms with E-state index in [2.05, 4.69) is 54.2 Å². The molecule has 184 valence electrons. The molecule has 2 aromatic rings. The first-order valence-electron chi connectivity index (χ1n) is 12.0. The van der Waals surface area contributed by atoms with Crippen molar-refractivity contribution in [1.29, 1.82) is 0 Å². The summed E-state index contributed by atoms with van der Waals surface area (Å²) in [5.74, 6) is 0.486. The van der Waals surface area contributed by atoms with Crippen LogP contribution in [0.5, 0.6) is 5.75 Å². The van der Waals surface area contributed by atoms with E-state index >= 15 is 0 Å². The van der Waals surface area contributed by atoms with Crippen LogP contribution in [0.3, 0.4) is 0 Å². The number of carbonyl (C=O) groups excluding carboxylic acids is 1. The molecular weight excluding hydrogens is 430 g/mol. The number of hydrogen-bond acceptors (Lipinski definition) is 7. The lowest BCUT2D eigenvalue weighted by Gasteiger charge is -2.51. The number of hydrogen-bond donors (Lipinski definition) is 1. The van der Waals surface area contributed by atoms with E-state index in [0.717, 1.165) is 37.0 Å². The van der Waals surface area contributed by atoms with Gasteiger partial charge in [0.15, 0.2) is 6.35 Å². The standard InChI is InChI=1S/C27H37N3O4/c1-28(2)27(22-8-6-5-7-9-22)16-14-26(15-17-27)20-29(25(32)30(26)19-24(31)34-4)18-21-10-12-23(33-3)13-11-21/h5-13,25,32H,14-20H2,1-4H3/t25?,26-,27+. The zero-order valence-corrected chi connectivity index (χ0v) is 20.7. The van der Waals surface area contributed by atoms with Crippen molar-refractivity contribution in [3.05, 3.63) is 65.7 Å². The Morgan fingerprint density at radius 3 is 2.24 bits per heavy atom. The van der Waals surface area contributed by atoms with E-state index in [4.69, 9.17) is 9.47 Å². The molecule has 1 saturated carbocycles. The third-order valence-corrected chi connectivity index (χ3v) is 7.96. The number of nitrogens with zero attached hydrogens (tertiary/aromatic N) is 3. The normalized spacial score (nSPS) is 27.9. The number of aliphatic hydroxyl groups is 1. The Bertz CT molecular complexity index is 956. The van der Waals surface area contributed by atoms with Crippen LogP contribution in [0, 0.1) is 0 Å². The second-order valence-corrected chi connectivity index (χ2v) is 9.82. The summed E-state index contributed by atoms with van der Waals surface area (Å²) in [6.45, 7) is 1.38. The second-order valence-electron chi connectivity index (χ2n) is 9.82. The zero-order valence-electron chi connectivity index (χ0n) is 20.7. The maximum Gasteiger partial charge on any atom is 0.320 e. The van der Waals surface area contributed by atoms with Crippen LogP contribution in [0.4, 0.5) is 0 Å². The predicted molar refractivity (Wildman–Crippen MR) is 131 cm³/mol. The fourth-order valence-corrected chi connectivity index (χ4v) is 5.87. The summed E-state index contributed by atoms with van der Waals surface area (Å²) in [6.07, 6.45) is 2.82. The first kappa shape index (κ1) is 24.7. The molecule has 34 heavy (non-hydrogen) atoms. The van der Waals surface area contributed by atoms with Crippen LogP contribution in [0.1, 0.15) is 36.8 Å². The van der Waals surface area contributed by atoms with Gasteiger partial charge in [-0.15, -0.1) is 0 Å². The summed E-state index contributed by atoms with van der Waals surface area (Å²) in [5.41, 5.74) is 2.08. The van der Waals surface area contributed by atoms with Crippen molar-refractivity contribution < 1.29 is 19.4 Å². The van der Waals surface area contributed by atoms with Gasteiger partial charge in [0, 0.05) is 24.2 Å². The zero-order chi connectivity index (χ0) is 24.3. The molecule has 7 heteroatoms. The van der Waals surface area contributed by atoms with Crippen LogP contribution in [0.25, 0.3) is 0 Å². The maximum atomic E-state index is 12.3. The number of methoxy groups -OCH3 is 2. The van der Waals surface area contributed by atoms with Gasteiger partial charge in [-0.05, 0) is 63.0 Å². The predicted octanol–water partition coefficient (Wildman–Crippen LogP) is 3.03. The topological polar surface area (TPSA) is 65.5 Å².